The fourth-order valence-electron chi connectivity index (χ4n) is 3.73. The molecule has 0 bridgehead atoms. The Bertz CT molecular complexity index is 1180. The van der Waals surface area contributed by atoms with Crippen molar-refractivity contribution in [1.29, 1.82) is 0 Å². The summed E-state index contributed by atoms with van der Waals surface area (Å²) in [5.74, 6) is 0.725. The van der Waals surface area contributed by atoms with Crippen molar-refractivity contribution in [3.63, 3.8) is 0 Å². The number of alkyl halides is 1. The van der Waals surface area contributed by atoms with Gasteiger partial charge in [-0.25, -0.2) is 4.39 Å². The van der Waals surface area contributed by atoms with Crippen LogP contribution in [-0.4, -0.2) is 60.5 Å². The largest absolute Gasteiger partial charge is 0.475 e. The maximum atomic E-state index is 14.4. The maximum Gasteiger partial charge on any atom is 0.255 e. The van der Waals surface area contributed by atoms with Gasteiger partial charge in [0.05, 0.1) is 25.5 Å². The molecule has 0 spiro atoms. The van der Waals surface area contributed by atoms with Crippen LogP contribution in [-0.2, 0) is 10.4 Å². The zero-order valence-corrected chi connectivity index (χ0v) is 21.9. The normalized spacial score (nSPS) is 14.9. The minimum absolute atomic E-state index is 0.116. The van der Waals surface area contributed by atoms with E-state index < -0.39 is 5.67 Å². The van der Waals surface area contributed by atoms with E-state index in [0.717, 1.165) is 22.5 Å². The Morgan fingerprint density at radius 2 is 2.03 bits per heavy atom. The van der Waals surface area contributed by atoms with Gasteiger partial charge in [0, 0.05) is 36.6 Å². The Morgan fingerprint density at radius 1 is 1.30 bits per heavy atom. The van der Waals surface area contributed by atoms with Gasteiger partial charge in [-0.2, -0.15) is 4.98 Å². The highest BCUT2D eigenvalue weighted by Gasteiger charge is 2.22. The monoisotopic (exact) mass is 510 g/mol. The number of carbonyl (C=O) groups is 1. The minimum atomic E-state index is -1.66. The lowest BCUT2D eigenvalue weighted by Gasteiger charge is -2.28. The highest BCUT2D eigenvalue weighted by molar-refractivity contribution is 5.96. The summed E-state index contributed by atoms with van der Waals surface area (Å²) >= 11 is 0. The third-order valence-corrected chi connectivity index (χ3v) is 5.74. The molecule has 198 valence electrons. The van der Waals surface area contributed by atoms with Crippen molar-refractivity contribution in [1.82, 2.24) is 15.3 Å². The van der Waals surface area contributed by atoms with Crippen LogP contribution >= 0.6 is 0 Å². The van der Waals surface area contributed by atoms with Gasteiger partial charge in [0.15, 0.2) is 0 Å². The van der Waals surface area contributed by atoms with Gasteiger partial charge in [-0.05, 0) is 63.1 Å². The molecule has 0 atom stereocenters. The Labute approximate surface area is 217 Å². The SMILES string of the molecule is C=C(C)/C(=C\C(=C/C)NC(=O)c1ccnc(C(C)(C)F)c1)c1cc(OCCO)nc(N2CCOCC2)c1. The first-order valence-electron chi connectivity index (χ1n) is 12.2. The molecule has 1 aliphatic heterocycles. The Balaban J connectivity index is 1.94. The van der Waals surface area contributed by atoms with Crippen LogP contribution in [0.2, 0.25) is 0 Å². The molecule has 1 saturated heterocycles. The minimum Gasteiger partial charge on any atom is -0.475 e. The zero-order valence-electron chi connectivity index (χ0n) is 21.9. The van der Waals surface area contributed by atoms with Crippen molar-refractivity contribution < 1.29 is 23.8 Å². The summed E-state index contributed by atoms with van der Waals surface area (Å²) in [4.78, 5) is 23.8. The summed E-state index contributed by atoms with van der Waals surface area (Å²) in [7, 11) is 0. The predicted octanol–water partition coefficient (Wildman–Crippen LogP) is 4.18. The van der Waals surface area contributed by atoms with Crippen molar-refractivity contribution in [2.45, 2.75) is 33.4 Å². The first-order chi connectivity index (χ1) is 17.6. The number of ether oxygens (including phenoxy) is 2. The van der Waals surface area contributed by atoms with Crippen molar-refractivity contribution in [3.8, 4) is 5.88 Å². The fourth-order valence-corrected chi connectivity index (χ4v) is 3.73. The molecule has 1 fully saturated rings. The number of nitrogens with one attached hydrogen (secondary N) is 1. The lowest BCUT2D eigenvalue weighted by molar-refractivity contribution is 0.0966. The van der Waals surface area contributed by atoms with Crippen molar-refractivity contribution in [3.05, 3.63) is 77.3 Å². The van der Waals surface area contributed by atoms with E-state index in [4.69, 9.17) is 9.47 Å². The summed E-state index contributed by atoms with van der Waals surface area (Å²) in [6.45, 7) is 13.2. The lowest BCUT2D eigenvalue weighted by atomic mass is 9.99. The fraction of sp³-hybridized carbons (Fsp3) is 0.393. The third kappa shape index (κ3) is 7.71. The first kappa shape index (κ1) is 28.0. The molecule has 37 heavy (non-hydrogen) atoms. The van der Waals surface area contributed by atoms with Gasteiger partial charge >= 0.3 is 0 Å². The van der Waals surface area contributed by atoms with Crippen molar-refractivity contribution in [2.24, 2.45) is 0 Å². The molecule has 0 radical (unpaired) electrons. The van der Waals surface area contributed by atoms with Crippen LogP contribution in [0.1, 0.15) is 49.3 Å². The van der Waals surface area contributed by atoms with E-state index >= 15 is 0 Å². The molecule has 2 aromatic heterocycles. The van der Waals surface area contributed by atoms with Gasteiger partial charge in [-0.15, -0.1) is 0 Å². The summed E-state index contributed by atoms with van der Waals surface area (Å²) in [5.41, 5.74) is 1.72. The number of nitrogens with zero attached hydrogens (tertiary/aromatic N) is 3. The van der Waals surface area contributed by atoms with Gasteiger partial charge in [-0.1, -0.05) is 18.2 Å². The van der Waals surface area contributed by atoms with Crippen molar-refractivity contribution >= 4 is 17.3 Å². The first-order valence-corrected chi connectivity index (χ1v) is 12.2. The molecule has 2 N–H and O–H groups in total. The molecular formula is C28H35FN4O4. The lowest BCUT2D eigenvalue weighted by Crippen LogP contribution is -2.36. The van der Waals surface area contributed by atoms with Gasteiger partial charge in [0.1, 0.15) is 18.1 Å². The Morgan fingerprint density at radius 3 is 2.65 bits per heavy atom. The Kier molecular flexibility index (Phi) is 9.54. The molecule has 0 saturated carbocycles. The quantitative estimate of drug-likeness (QED) is 0.463. The molecule has 3 rings (SSSR count). The van der Waals surface area contributed by atoms with Gasteiger partial charge in [0.25, 0.3) is 5.91 Å². The van der Waals surface area contributed by atoms with E-state index in [-0.39, 0.29) is 24.8 Å². The number of aliphatic hydroxyl groups excluding tert-OH is 1. The highest BCUT2D eigenvalue weighted by Crippen LogP contribution is 2.30. The number of aromatic nitrogens is 2. The van der Waals surface area contributed by atoms with E-state index in [9.17, 15) is 14.3 Å². The van der Waals surface area contributed by atoms with Crippen LogP contribution in [0.25, 0.3) is 5.57 Å². The summed E-state index contributed by atoms with van der Waals surface area (Å²) in [6, 6.07) is 6.73. The summed E-state index contributed by atoms with van der Waals surface area (Å²) in [6.07, 6.45) is 5.03. The summed E-state index contributed by atoms with van der Waals surface area (Å²) < 4.78 is 25.5. The van der Waals surface area contributed by atoms with E-state index in [1.54, 1.807) is 18.2 Å². The van der Waals surface area contributed by atoms with Crippen LogP contribution in [0, 0.1) is 0 Å². The maximum absolute atomic E-state index is 14.4. The molecule has 0 unspecified atom stereocenters. The number of amides is 1. The van der Waals surface area contributed by atoms with Crippen LogP contribution in [0.4, 0.5) is 10.2 Å². The van der Waals surface area contributed by atoms with Crippen LogP contribution < -0.4 is 15.0 Å². The summed E-state index contributed by atoms with van der Waals surface area (Å²) in [5, 5.41) is 12.1. The molecule has 2 aromatic rings. The standard InChI is InChI=1S/C28H35FN4O4/c1-6-22(31-27(35)20-7-8-30-24(15-20)28(4,5)29)18-23(19(2)3)21-16-25(33-9-12-36-13-10-33)32-26(17-21)37-14-11-34/h6-8,15-18,34H,2,9-14H2,1,3-5H3,(H,31,35)/b22-6+,23-18+. The number of hydrogen-bond acceptors (Lipinski definition) is 7. The number of morpholine rings is 1. The number of hydrogen-bond donors (Lipinski definition) is 2. The van der Waals surface area contributed by atoms with E-state index in [0.29, 0.717) is 43.4 Å². The predicted molar refractivity (Wildman–Crippen MR) is 142 cm³/mol. The average Bonchev–Trinajstić information content (AvgIpc) is 2.89. The van der Waals surface area contributed by atoms with Crippen molar-refractivity contribution in [2.75, 3.05) is 44.4 Å². The number of aliphatic hydroxyl groups is 1. The van der Waals surface area contributed by atoms with Gasteiger partial charge in [-0.3, -0.25) is 9.78 Å². The molecule has 1 aliphatic rings. The van der Waals surface area contributed by atoms with Crippen LogP contribution in [0.3, 0.4) is 0 Å². The van der Waals surface area contributed by atoms with E-state index in [2.05, 4.69) is 26.8 Å². The zero-order chi connectivity index (χ0) is 27.0. The second-order valence-electron chi connectivity index (χ2n) is 9.16. The molecule has 1 amide bonds. The number of rotatable bonds is 10. The van der Waals surface area contributed by atoms with Crippen LogP contribution in [0.5, 0.6) is 5.88 Å². The van der Waals surface area contributed by atoms with E-state index in [1.165, 1.54) is 26.1 Å². The second-order valence-corrected chi connectivity index (χ2v) is 9.16. The number of carbonyl (C=O) groups excluding carboxylic acids is 1. The molecule has 0 aromatic carbocycles. The number of anilines is 1. The molecule has 8 nitrogen and oxygen atoms in total. The van der Waals surface area contributed by atoms with E-state index in [1.807, 2.05) is 26.0 Å². The number of allylic oxidation sites excluding steroid dienone is 4. The highest BCUT2D eigenvalue weighted by atomic mass is 19.1. The Hall–Kier alpha value is -3.56. The number of halogens is 1. The smallest absolute Gasteiger partial charge is 0.255 e. The van der Waals surface area contributed by atoms with Crippen LogP contribution in [0.15, 0.2) is 60.5 Å². The third-order valence-electron chi connectivity index (χ3n) is 5.74. The second kappa shape index (κ2) is 12.6. The molecular weight excluding hydrogens is 475 g/mol. The average molecular weight is 511 g/mol. The topological polar surface area (TPSA) is 96.8 Å². The molecule has 0 aliphatic carbocycles. The van der Waals surface area contributed by atoms with Gasteiger partial charge < -0.3 is 24.8 Å². The molecule has 3 heterocycles. The van der Waals surface area contributed by atoms with Gasteiger partial charge in [0.2, 0.25) is 5.88 Å². The molecule has 9 heteroatoms. The number of pyridine rings is 2.